The number of sulfone groups is 1. The molecule has 0 aliphatic carbocycles. The lowest BCUT2D eigenvalue weighted by Crippen LogP contribution is -2.42. The third-order valence-corrected chi connectivity index (χ3v) is 7.10. The number of aromatic nitrogens is 1. The Hall–Kier alpha value is -2.85. The van der Waals surface area contributed by atoms with Gasteiger partial charge in [-0.3, -0.25) is 4.79 Å². The van der Waals surface area contributed by atoms with Crippen molar-refractivity contribution in [1.29, 1.82) is 0 Å². The molecule has 2 aromatic carbocycles. The Kier molecular flexibility index (Phi) is 6.00. The molecule has 10 heteroatoms. The first-order valence-corrected chi connectivity index (χ1v) is 11.6. The summed E-state index contributed by atoms with van der Waals surface area (Å²) in [5.74, 6) is -0.586. The van der Waals surface area contributed by atoms with E-state index in [1.54, 1.807) is 33.7 Å². The van der Waals surface area contributed by atoms with Crippen LogP contribution < -0.4 is 0 Å². The first kappa shape index (κ1) is 22.3. The van der Waals surface area contributed by atoms with Crippen molar-refractivity contribution < 1.29 is 31.1 Å². The second kappa shape index (κ2) is 8.59. The summed E-state index contributed by atoms with van der Waals surface area (Å²) in [7, 11) is -3.88. The van der Waals surface area contributed by atoms with Crippen molar-refractivity contribution in [3.05, 3.63) is 65.9 Å². The third kappa shape index (κ3) is 4.66. The SMILES string of the molecule is O=C(Cn1cc(S(=O)(=O)Cc2ccc(C(F)(F)F)cc2)c2ccccc21)N1CCOCC1. The van der Waals surface area contributed by atoms with Gasteiger partial charge in [-0.1, -0.05) is 30.3 Å². The highest BCUT2D eigenvalue weighted by molar-refractivity contribution is 7.90. The Bertz CT molecular complexity index is 1230. The van der Waals surface area contributed by atoms with Gasteiger partial charge in [-0.05, 0) is 23.8 Å². The van der Waals surface area contributed by atoms with E-state index >= 15 is 0 Å². The lowest BCUT2D eigenvalue weighted by molar-refractivity contribution is -0.137. The van der Waals surface area contributed by atoms with Crippen molar-refractivity contribution in [2.24, 2.45) is 0 Å². The molecule has 0 saturated carbocycles. The van der Waals surface area contributed by atoms with Crippen LogP contribution in [0.2, 0.25) is 0 Å². The smallest absolute Gasteiger partial charge is 0.378 e. The van der Waals surface area contributed by atoms with E-state index in [4.69, 9.17) is 4.74 Å². The van der Waals surface area contributed by atoms with E-state index in [-0.39, 0.29) is 22.9 Å². The van der Waals surface area contributed by atoms with Gasteiger partial charge in [-0.2, -0.15) is 13.2 Å². The average molecular weight is 466 g/mol. The summed E-state index contributed by atoms with van der Waals surface area (Å²) in [6, 6.07) is 10.9. The second-order valence-corrected chi connectivity index (χ2v) is 9.54. The minimum Gasteiger partial charge on any atom is -0.378 e. The van der Waals surface area contributed by atoms with Crippen molar-refractivity contribution in [1.82, 2.24) is 9.47 Å². The van der Waals surface area contributed by atoms with Gasteiger partial charge in [0.05, 0.1) is 29.4 Å². The molecular formula is C22H21F3N2O4S. The molecule has 32 heavy (non-hydrogen) atoms. The Labute approximate surface area is 183 Å². The van der Waals surface area contributed by atoms with E-state index in [9.17, 15) is 26.4 Å². The number of morpholine rings is 1. The standard InChI is InChI=1S/C22H21F3N2O4S/c23-22(24,25)17-7-5-16(6-8-17)15-32(29,30)20-13-27(19-4-2-1-3-18(19)20)14-21(28)26-9-11-31-12-10-26/h1-8,13H,9-12,14-15H2. The monoisotopic (exact) mass is 466 g/mol. The van der Waals surface area contributed by atoms with Gasteiger partial charge in [0.15, 0.2) is 9.84 Å². The fourth-order valence-corrected chi connectivity index (χ4v) is 5.32. The van der Waals surface area contributed by atoms with Gasteiger partial charge in [0.25, 0.3) is 0 Å². The summed E-state index contributed by atoms with van der Waals surface area (Å²) in [5.41, 5.74) is 0.0104. The van der Waals surface area contributed by atoms with Crippen molar-refractivity contribution in [2.45, 2.75) is 23.4 Å². The normalized spacial score (nSPS) is 15.3. The van der Waals surface area contributed by atoms with Gasteiger partial charge in [0, 0.05) is 30.2 Å². The second-order valence-electron chi connectivity index (χ2n) is 7.59. The van der Waals surface area contributed by atoms with Crippen LogP contribution in [-0.4, -0.2) is 50.1 Å². The molecule has 1 aliphatic rings. The van der Waals surface area contributed by atoms with Crippen LogP contribution in [0.15, 0.2) is 59.6 Å². The molecule has 170 valence electrons. The van der Waals surface area contributed by atoms with Crippen LogP contribution >= 0.6 is 0 Å². The van der Waals surface area contributed by atoms with Crippen LogP contribution in [0.5, 0.6) is 0 Å². The van der Waals surface area contributed by atoms with Gasteiger partial charge in [-0.25, -0.2) is 8.42 Å². The minimum absolute atomic E-state index is 0.0175. The molecule has 1 aromatic heterocycles. The van der Waals surface area contributed by atoms with Crippen LogP contribution in [-0.2, 0) is 37.8 Å². The zero-order chi connectivity index (χ0) is 22.9. The maximum absolute atomic E-state index is 13.2. The predicted molar refractivity (Wildman–Crippen MR) is 112 cm³/mol. The fourth-order valence-electron chi connectivity index (χ4n) is 3.74. The zero-order valence-electron chi connectivity index (χ0n) is 17.0. The van der Waals surface area contributed by atoms with Crippen LogP contribution in [0.1, 0.15) is 11.1 Å². The maximum Gasteiger partial charge on any atom is 0.416 e. The number of amides is 1. The van der Waals surface area contributed by atoms with Gasteiger partial charge in [-0.15, -0.1) is 0 Å². The third-order valence-electron chi connectivity index (χ3n) is 5.39. The molecule has 0 atom stereocenters. The number of benzene rings is 2. The number of hydrogen-bond acceptors (Lipinski definition) is 4. The zero-order valence-corrected chi connectivity index (χ0v) is 17.8. The van der Waals surface area contributed by atoms with Gasteiger partial charge in [0.2, 0.25) is 5.91 Å². The van der Waals surface area contributed by atoms with Crippen LogP contribution in [0.25, 0.3) is 10.9 Å². The molecule has 0 unspecified atom stereocenters. The summed E-state index contributed by atoms with van der Waals surface area (Å²) >= 11 is 0. The summed E-state index contributed by atoms with van der Waals surface area (Å²) in [6.07, 6.45) is -3.06. The van der Waals surface area contributed by atoms with Crippen molar-refractivity contribution in [2.75, 3.05) is 26.3 Å². The average Bonchev–Trinajstić information content (AvgIpc) is 3.13. The fraction of sp³-hybridized carbons (Fsp3) is 0.318. The molecule has 6 nitrogen and oxygen atoms in total. The Morgan fingerprint density at radius 2 is 1.66 bits per heavy atom. The number of rotatable bonds is 5. The van der Waals surface area contributed by atoms with Crippen molar-refractivity contribution in [3.63, 3.8) is 0 Å². The van der Waals surface area contributed by atoms with Gasteiger partial charge >= 0.3 is 6.18 Å². The van der Waals surface area contributed by atoms with E-state index in [1.807, 2.05) is 0 Å². The Morgan fingerprint density at radius 1 is 1.00 bits per heavy atom. The number of alkyl halides is 3. The molecule has 0 spiro atoms. The molecule has 0 bridgehead atoms. The first-order valence-electron chi connectivity index (χ1n) is 9.97. The number of hydrogen-bond donors (Lipinski definition) is 0. The molecule has 3 aromatic rings. The first-order chi connectivity index (χ1) is 15.1. The summed E-state index contributed by atoms with van der Waals surface area (Å²) in [6.45, 7) is 1.88. The lowest BCUT2D eigenvalue weighted by atomic mass is 10.1. The molecule has 1 fully saturated rings. The van der Waals surface area contributed by atoms with E-state index in [2.05, 4.69) is 0 Å². The number of ether oxygens (including phenoxy) is 1. The van der Waals surface area contributed by atoms with E-state index < -0.39 is 27.3 Å². The van der Waals surface area contributed by atoms with E-state index in [0.29, 0.717) is 37.2 Å². The number of para-hydroxylation sites is 1. The Balaban J connectivity index is 1.62. The highest BCUT2D eigenvalue weighted by atomic mass is 32.2. The lowest BCUT2D eigenvalue weighted by Gasteiger charge is -2.27. The van der Waals surface area contributed by atoms with E-state index in [0.717, 1.165) is 12.1 Å². The highest BCUT2D eigenvalue weighted by Crippen LogP contribution is 2.31. The van der Waals surface area contributed by atoms with Gasteiger partial charge < -0.3 is 14.2 Å². The summed E-state index contributed by atoms with van der Waals surface area (Å²) < 4.78 is 71.5. The van der Waals surface area contributed by atoms with Gasteiger partial charge in [0.1, 0.15) is 6.54 Å². The van der Waals surface area contributed by atoms with Crippen molar-refractivity contribution >= 4 is 26.6 Å². The Morgan fingerprint density at radius 3 is 2.31 bits per heavy atom. The predicted octanol–water partition coefficient (Wildman–Crippen LogP) is 3.49. The highest BCUT2D eigenvalue weighted by Gasteiger charge is 2.30. The molecule has 1 amide bonds. The molecule has 0 N–H and O–H groups in total. The van der Waals surface area contributed by atoms with Crippen LogP contribution in [0.4, 0.5) is 13.2 Å². The molecule has 2 heterocycles. The van der Waals surface area contributed by atoms with Crippen LogP contribution in [0, 0.1) is 0 Å². The quantitative estimate of drug-likeness (QED) is 0.577. The number of halogens is 3. The summed E-state index contributed by atoms with van der Waals surface area (Å²) in [5, 5.41) is 0.467. The summed E-state index contributed by atoms with van der Waals surface area (Å²) in [4.78, 5) is 14.4. The van der Waals surface area contributed by atoms with Crippen LogP contribution in [0.3, 0.4) is 0 Å². The number of nitrogens with zero attached hydrogens (tertiary/aromatic N) is 2. The number of fused-ring (bicyclic) bond motifs is 1. The van der Waals surface area contributed by atoms with Crippen molar-refractivity contribution in [3.8, 4) is 0 Å². The topological polar surface area (TPSA) is 68.6 Å². The molecule has 1 aliphatic heterocycles. The molecule has 0 radical (unpaired) electrons. The number of carbonyl (C=O) groups is 1. The molecule has 1 saturated heterocycles. The maximum atomic E-state index is 13.2. The largest absolute Gasteiger partial charge is 0.416 e. The molecule has 4 rings (SSSR count). The minimum atomic E-state index is -4.49. The van der Waals surface area contributed by atoms with E-state index in [1.165, 1.54) is 18.3 Å². The number of carbonyl (C=O) groups excluding carboxylic acids is 1. The molecular weight excluding hydrogens is 445 g/mol.